The van der Waals surface area contributed by atoms with Gasteiger partial charge in [0.2, 0.25) is 15.2 Å². The van der Waals surface area contributed by atoms with E-state index in [1.807, 2.05) is 13.0 Å². The summed E-state index contributed by atoms with van der Waals surface area (Å²) in [4.78, 5) is 22.5. The minimum absolute atomic E-state index is 0.0457. The fraction of sp³-hybridized carbons (Fsp3) is 0.429. The van der Waals surface area contributed by atoms with Crippen molar-refractivity contribution in [3.8, 4) is 11.2 Å². The van der Waals surface area contributed by atoms with Gasteiger partial charge in [0.05, 0.1) is 22.7 Å². The van der Waals surface area contributed by atoms with Crippen molar-refractivity contribution in [3.63, 3.8) is 0 Å². The highest BCUT2D eigenvalue weighted by Crippen LogP contribution is 2.41. The molecule has 1 aromatic carbocycles. The summed E-state index contributed by atoms with van der Waals surface area (Å²) in [7, 11) is -4.51. The smallest absolute Gasteiger partial charge is 0.410 e. The maximum Gasteiger partial charge on any atom is 0.410 e. The molecule has 0 spiro atoms. The third-order valence-electron chi connectivity index (χ3n) is 7.50. The molecule has 1 N–H and O–H groups in total. The summed E-state index contributed by atoms with van der Waals surface area (Å²) in [6, 6.07) is 3.70. The topological polar surface area (TPSA) is 156 Å². The lowest BCUT2D eigenvalue weighted by Crippen LogP contribution is -2.44. The number of benzene rings is 1. The number of halogens is 3. The van der Waals surface area contributed by atoms with Crippen LogP contribution >= 0.6 is 11.3 Å². The van der Waals surface area contributed by atoms with Crippen molar-refractivity contribution in [3.05, 3.63) is 41.1 Å². The van der Waals surface area contributed by atoms with E-state index in [0.717, 1.165) is 12.1 Å². The maximum absolute atomic E-state index is 15.7. The van der Waals surface area contributed by atoms with Gasteiger partial charge in [0.25, 0.3) is 6.43 Å². The van der Waals surface area contributed by atoms with Gasteiger partial charge in [-0.3, -0.25) is 4.57 Å². The second-order valence-corrected chi connectivity index (χ2v) is 14.6. The summed E-state index contributed by atoms with van der Waals surface area (Å²) < 4.78 is 78.4. The number of nitrogens with one attached hydrogen (secondary N) is 1. The number of sulfonamides is 1. The molecule has 17 heteroatoms. The number of amides is 1. The summed E-state index contributed by atoms with van der Waals surface area (Å²) >= 11 is 0.575. The summed E-state index contributed by atoms with van der Waals surface area (Å²) in [5, 5.41) is 16.8. The van der Waals surface area contributed by atoms with Crippen LogP contribution in [-0.4, -0.2) is 67.9 Å². The number of ether oxygens (including phenoxy) is 1. The Hall–Kier alpha value is -4.14. The van der Waals surface area contributed by atoms with Gasteiger partial charge < -0.3 is 9.64 Å². The average molecular weight is 661 g/mol. The van der Waals surface area contributed by atoms with Crippen molar-refractivity contribution >= 4 is 55.0 Å². The molecule has 6 rings (SSSR count). The van der Waals surface area contributed by atoms with E-state index in [2.05, 4.69) is 24.9 Å². The first-order valence-electron chi connectivity index (χ1n) is 13.9. The Morgan fingerprint density at radius 2 is 1.98 bits per heavy atom. The number of fused-ring (bicyclic) bond motifs is 3. The Morgan fingerprint density at radius 1 is 1.24 bits per heavy atom. The average Bonchev–Trinajstić information content (AvgIpc) is 3.40. The molecule has 0 radical (unpaired) electrons. The zero-order valence-electron chi connectivity index (χ0n) is 24.5. The van der Waals surface area contributed by atoms with Crippen molar-refractivity contribution in [1.82, 2.24) is 34.4 Å². The van der Waals surface area contributed by atoms with Gasteiger partial charge in [0, 0.05) is 18.0 Å². The second-order valence-electron chi connectivity index (χ2n) is 12.0. The van der Waals surface area contributed by atoms with E-state index in [4.69, 9.17) is 4.74 Å². The molecule has 1 saturated carbocycles. The summed E-state index contributed by atoms with van der Waals surface area (Å²) in [5.74, 6) is -1.09. The third kappa shape index (κ3) is 5.62. The highest BCUT2D eigenvalue weighted by atomic mass is 32.2. The summed E-state index contributed by atoms with van der Waals surface area (Å²) in [5.41, 5.74) is -0.625. The number of carbonyl (C=O) groups is 1. The normalized spacial score (nSPS) is 18.3. The third-order valence-corrected chi connectivity index (χ3v) is 9.97. The standard InChI is InChI=1S/C28H27F3N8O4S2/c1-14-9-15(5-8-38(14)26(40)43-27(2,3)4)21-20-16-10-17(29)19(45(41,42)37-28(12-32)6-7-28)11-18(16)39(23(20)34-13-33-21)25-36-35-24(44-25)22(30)31/h5,10-11,13-14,22,37H,6-9H2,1-4H3. The molecule has 236 valence electrons. The maximum atomic E-state index is 15.7. The summed E-state index contributed by atoms with van der Waals surface area (Å²) in [6.07, 6.45) is 0.585. The Labute approximate surface area is 259 Å². The number of nitriles is 1. The Morgan fingerprint density at radius 3 is 2.58 bits per heavy atom. The lowest BCUT2D eigenvalue weighted by atomic mass is 9.96. The van der Waals surface area contributed by atoms with E-state index in [0.29, 0.717) is 34.4 Å². The molecular formula is C28H27F3N8O4S2. The molecule has 1 fully saturated rings. The molecule has 4 heterocycles. The number of aromatic nitrogens is 5. The minimum atomic E-state index is -4.51. The Bertz CT molecular complexity index is 2040. The van der Waals surface area contributed by atoms with Gasteiger partial charge in [-0.15, -0.1) is 10.2 Å². The van der Waals surface area contributed by atoms with Gasteiger partial charge in [-0.2, -0.15) is 9.98 Å². The van der Waals surface area contributed by atoms with E-state index >= 15 is 4.39 Å². The molecule has 1 atom stereocenters. The van der Waals surface area contributed by atoms with Crippen LogP contribution in [0.5, 0.6) is 0 Å². The van der Waals surface area contributed by atoms with E-state index in [-0.39, 0.29) is 47.1 Å². The quantitative estimate of drug-likeness (QED) is 0.292. The highest BCUT2D eigenvalue weighted by molar-refractivity contribution is 7.89. The monoisotopic (exact) mass is 660 g/mol. The fourth-order valence-electron chi connectivity index (χ4n) is 5.23. The molecule has 3 aromatic heterocycles. The number of hydrogen-bond donors (Lipinski definition) is 1. The van der Waals surface area contributed by atoms with Crippen molar-refractivity contribution in [2.45, 2.75) is 75.5 Å². The van der Waals surface area contributed by atoms with Gasteiger partial charge in [-0.05, 0) is 64.7 Å². The predicted octanol–water partition coefficient (Wildman–Crippen LogP) is 5.25. The van der Waals surface area contributed by atoms with Crippen LogP contribution in [-0.2, 0) is 14.8 Å². The minimum Gasteiger partial charge on any atom is -0.444 e. The van der Waals surface area contributed by atoms with Gasteiger partial charge >= 0.3 is 6.09 Å². The largest absolute Gasteiger partial charge is 0.444 e. The van der Waals surface area contributed by atoms with Gasteiger partial charge in [-0.1, -0.05) is 17.4 Å². The van der Waals surface area contributed by atoms with E-state index in [9.17, 15) is 27.3 Å². The van der Waals surface area contributed by atoms with Crippen molar-refractivity contribution in [2.75, 3.05) is 6.54 Å². The predicted molar refractivity (Wildman–Crippen MR) is 158 cm³/mol. The molecule has 1 unspecified atom stereocenters. The van der Waals surface area contributed by atoms with Crippen LogP contribution < -0.4 is 4.72 Å². The van der Waals surface area contributed by atoms with Crippen molar-refractivity contribution in [1.29, 1.82) is 5.26 Å². The molecule has 45 heavy (non-hydrogen) atoms. The van der Waals surface area contributed by atoms with Crippen LogP contribution in [0.2, 0.25) is 0 Å². The van der Waals surface area contributed by atoms with E-state index in [1.165, 1.54) is 10.9 Å². The number of nitrogens with zero attached hydrogens (tertiary/aromatic N) is 7. The van der Waals surface area contributed by atoms with Crippen LogP contribution in [0.15, 0.2) is 29.4 Å². The zero-order valence-corrected chi connectivity index (χ0v) is 26.1. The molecule has 1 aliphatic carbocycles. The van der Waals surface area contributed by atoms with Crippen molar-refractivity contribution < 1.29 is 31.1 Å². The molecular weight excluding hydrogens is 633 g/mol. The van der Waals surface area contributed by atoms with Gasteiger partial charge in [0.1, 0.15) is 28.2 Å². The van der Waals surface area contributed by atoms with Crippen LogP contribution in [0.4, 0.5) is 18.0 Å². The van der Waals surface area contributed by atoms with E-state index in [1.54, 1.807) is 31.7 Å². The number of alkyl halides is 2. The molecule has 0 bridgehead atoms. The zero-order chi connectivity index (χ0) is 32.5. The Balaban J connectivity index is 1.53. The van der Waals surface area contributed by atoms with Gasteiger partial charge in [-0.25, -0.2) is 36.4 Å². The lowest BCUT2D eigenvalue weighted by Gasteiger charge is -2.34. The first kappa shape index (κ1) is 30.9. The van der Waals surface area contributed by atoms with Crippen LogP contribution in [0.1, 0.15) is 64.1 Å². The number of rotatable bonds is 6. The van der Waals surface area contributed by atoms with E-state index < -0.39 is 49.4 Å². The molecule has 2 aliphatic rings. The fourth-order valence-corrected chi connectivity index (χ4v) is 7.40. The number of hydrogen-bond acceptors (Lipinski definition) is 10. The summed E-state index contributed by atoms with van der Waals surface area (Å²) in [6.45, 7) is 7.37. The first-order valence-corrected chi connectivity index (χ1v) is 16.2. The SMILES string of the molecule is CC1CC(c2ncnc3c2c2cc(F)c(S(=O)(=O)NC4(C#N)CC4)cc2n3-c2nnc(C(F)F)s2)=CCN1C(=O)OC(C)(C)C. The molecule has 1 aliphatic heterocycles. The first-order chi connectivity index (χ1) is 21.1. The van der Waals surface area contributed by atoms with Gasteiger partial charge in [0.15, 0.2) is 10.7 Å². The Kier molecular flexibility index (Phi) is 7.37. The molecule has 1 amide bonds. The molecule has 0 saturated heterocycles. The van der Waals surface area contributed by atoms with Crippen molar-refractivity contribution in [2.24, 2.45) is 0 Å². The van der Waals surface area contributed by atoms with Crippen LogP contribution in [0.3, 0.4) is 0 Å². The highest BCUT2D eigenvalue weighted by Gasteiger charge is 2.47. The lowest BCUT2D eigenvalue weighted by molar-refractivity contribution is 0.0198. The molecule has 12 nitrogen and oxygen atoms in total. The van der Waals surface area contributed by atoms with Crippen LogP contribution in [0, 0.1) is 17.1 Å². The molecule has 4 aromatic rings. The van der Waals surface area contributed by atoms with Crippen LogP contribution in [0.25, 0.3) is 32.6 Å². The second kappa shape index (κ2) is 10.7. The number of carbonyl (C=O) groups excluding carboxylic acids is 1.